The normalized spacial score (nSPS) is 15.5. The molecule has 0 radical (unpaired) electrons. The topological polar surface area (TPSA) is 66.5 Å². The molecule has 29 heavy (non-hydrogen) atoms. The molecule has 0 spiro atoms. The van der Waals surface area contributed by atoms with E-state index in [9.17, 15) is 13.2 Å². The molecule has 0 aliphatic heterocycles. The van der Waals surface area contributed by atoms with E-state index < -0.39 is 16.1 Å². The molecule has 1 aliphatic rings. The van der Waals surface area contributed by atoms with Gasteiger partial charge in [0.1, 0.15) is 6.04 Å². The molecule has 5 nitrogen and oxygen atoms in total. The van der Waals surface area contributed by atoms with Crippen molar-refractivity contribution in [1.29, 1.82) is 0 Å². The Hall–Kier alpha value is -2.34. The van der Waals surface area contributed by atoms with Crippen LogP contribution in [0.5, 0.6) is 0 Å². The zero-order valence-corrected chi connectivity index (χ0v) is 18.6. The Bertz CT molecular complexity index is 1010. The molecule has 3 rings (SSSR count). The summed E-state index contributed by atoms with van der Waals surface area (Å²) in [4.78, 5) is 13.0. The van der Waals surface area contributed by atoms with E-state index in [1.54, 1.807) is 19.1 Å². The van der Waals surface area contributed by atoms with Gasteiger partial charge in [-0.25, -0.2) is 8.42 Å². The highest BCUT2D eigenvalue weighted by Gasteiger charge is 2.30. The minimum Gasteiger partial charge on any atom is -0.348 e. The van der Waals surface area contributed by atoms with Gasteiger partial charge in [0.2, 0.25) is 15.9 Å². The molecular weight excluding hydrogens is 384 g/mol. The molecule has 2 aromatic carbocycles. The van der Waals surface area contributed by atoms with Crippen LogP contribution in [0.4, 0.5) is 5.69 Å². The van der Waals surface area contributed by atoms with Gasteiger partial charge in [0.25, 0.3) is 0 Å². The first-order chi connectivity index (χ1) is 13.6. The van der Waals surface area contributed by atoms with Gasteiger partial charge in [0, 0.05) is 0 Å². The van der Waals surface area contributed by atoms with Crippen molar-refractivity contribution in [3.8, 4) is 0 Å². The van der Waals surface area contributed by atoms with Crippen LogP contribution in [0.15, 0.2) is 36.4 Å². The van der Waals surface area contributed by atoms with Crippen LogP contribution in [0.1, 0.15) is 54.1 Å². The number of hydrogen-bond acceptors (Lipinski definition) is 3. The zero-order valence-electron chi connectivity index (χ0n) is 17.8. The van der Waals surface area contributed by atoms with E-state index in [1.807, 2.05) is 26.8 Å². The number of nitrogens with zero attached hydrogens (tertiary/aromatic N) is 1. The first kappa shape index (κ1) is 21.4. The smallest absolute Gasteiger partial charge is 0.244 e. The first-order valence-electron chi connectivity index (χ1n) is 10.1. The van der Waals surface area contributed by atoms with Crippen LogP contribution in [-0.4, -0.2) is 26.6 Å². The minimum absolute atomic E-state index is 0.198. The summed E-state index contributed by atoms with van der Waals surface area (Å²) >= 11 is 0. The van der Waals surface area contributed by atoms with E-state index in [4.69, 9.17) is 0 Å². The molecule has 0 aromatic heterocycles. The number of hydrogen-bond donors (Lipinski definition) is 1. The van der Waals surface area contributed by atoms with Crippen molar-refractivity contribution in [2.45, 2.75) is 59.0 Å². The number of fused-ring (bicyclic) bond motifs is 1. The summed E-state index contributed by atoms with van der Waals surface area (Å²) in [5.74, 6) is -0.317. The van der Waals surface area contributed by atoms with E-state index in [0.717, 1.165) is 35.8 Å². The van der Waals surface area contributed by atoms with Crippen molar-refractivity contribution < 1.29 is 13.2 Å². The minimum atomic E-state index is -3.63. The molecular formula is C23H30N2O3S. The predicted molar refractivity (Wildman–Crippen MR) is 118 cm³/mol. The summed E-state index contributed by atoms with van der Waals surface area (Å²) in [5.41, 5.74) is 6.20. The summed E-state index contributed by atoms with van der Waals surface area (Å²) in [7, 11) is -3.63. The fourth-order valence-electron chi connectivity index (χ4n) is 4.17. The molecule has 1 aliphatic carbocycles. The SMILES string of the molecule is Cc1cc(C)cc(N([C@@H](C)C(=O)N[C@@H](C)c2ccc3c(c2)CCC3)S(C)(=O)=O)c1. The molecule has 0 saturated heterocycles. The molecule has 0 heterocycles. The number of nitrogens with one attached hydrogen (secondary N) is 1. The van der Waals surface area contributed by atoms with Crippen molar-refractivity contribution in [3.05, 3.63) is 64.2 Å². The highest BCUT2D eigenvalue weighted by atomic mass is 32.2. The quantitative estimate of drug-likeness (QED) is 0.781. The van der Waals surface area contributed by atoms with E-state index in [0.29, 0.717) is 5.69 Å². The van der Waals surface area contributed by atoms with Crippen LogP contribution in [0, 0.1) is 13.8 Å². The molecule has 0 unspecified atom stereocenters. The number of carbonyl (C=O) groups excluding carboxylic acids is 1. The van der Waals surface area contributed by atoms with Gasteiger partial charge >= 0.3 is 0 Å². The van der Waals surface area contributed by atoms with Crippen molar-refractivity contribution in [1.82, 2.24) is 5.32 Å². The summed E-state index contributed by atoms with van der Waals surface area (Å²) in [6.07, 6.45) is 4.51. The largest absolute Gasteiger partial charge is 0.348 e. The summed E-state index contributed by atoms with van der Waals surface area (Å²) in [6, 6.07) is 10.9. The standard InChI is InChI=1S/C23H30N2O3S/c1-15-11-16(2)13-22(12-15)25(29(5,27)28)18(4)23(26)24-17(3)20-10-9-19-7-6-8-21(19)14-20/h9-14,17-18H,6-8H2,1-5H3,(H,24,26)/t17-,18-/m0/s1. The summed E-state index contributed by atoms with van der Waals surface area (Å²) in [6.45, 7) is 7.39. The Labute approximate surface area is 174 Å². The average Bonchev–Trinajstić information content (AvgIpc) is 3.07. The van der Waals surface area contributed by atoms with Crippen molar-refractivity contribution in [3.63, 3.8) is 0 Å². The molecule has 156 valence electrons. The second-order valence-electron chi connectivity index (χ2n) is 8.19. The van der Waals surface area contributed by atoms with Gasteiger partial charge < -0.3 is 5.32 Å². The Morgan fingerprint density at radius 3 is 2.24 bits per heavy atom. The van der Waals surface area contributed by atoms with Gasteiger partial charge in [-0.3, -0.25) is 9.10 Å². The highest BCUT2D eigenvalue weighted by molar-refractivity contribution is 7.92. The van der Waals surface area contributed by atoms with E-state index in [-0.39, 0.29) is 11.9 Å². The third kappa shape index (κ3) is 4.81. The monoisotopic (exact) mass is 414 g/mol. The second-order valence-corrected chi connectivity index (χ2v) is 10.1. The maximum atomic E-state index is 13.0. The average molecular weight is 415 g/mol. The molecule has 2 aromatic rings. The third-order valence-corrected chi connectivity index (χ3v) is 6.77. The maximum Gasteiger partial charge on any atom is 0.244 e. The van der Waals surface area contributed by atoms with Crippen LogP contribution < -0.4 is 9.62 Å². The van der Waals surface area contributed by atoms with Gasteiger partial charge in [-0.15, -0.1) is 0 Å². The summed E-state index contributed by atoms with van der Waals surface area (Å²) in [5, 5.41) is 2.99. The van der Waals surface area contributed by atoms with E-state index in [2.05, 4.69) is 23.5 Å². The fourth-order valence-corrected chi connectivity index (χ4v) is 5.32. The van der Waals surface area contributed by atoms with Gasteiger partial charge in [0.05, 0.1) is 18.0 Å². The Kier molecular flexibility index (Phi) is 6.03. The van der Waals surface area contributed by atoms with Crippen LogP contribution in [0.2, 0.25) is 0 Å². The fraction of sp³-hybridized carbons (Fsp3) is 0.435. The first-order valence-corrected chi connectivity index (χ1v) is 11.9. The van der Waals surface area contributed by atoms with Gasteiger partial charge in [-0.05, 0) is 86.9 Å². The number of carbonyl (C=O) groups is 1. The van der Waals surface area contributed by atoms with Crippen molar-refractivity contribution in [2.75, 3.05) is 10.6 Å². The third-order valence-electron chi connectivity index (χ3n) is 5.53. The van der Waals surface area contributed by atoms with E-state index in [1.165, 1.54) is 21.9 Å². The number of benzene rings is 2. The zero-order chi connectivity index (χ0) is 21.3. The molecule has 0 fully saturated rings. The molecule has 0 saturated carbocycles. The Balaban J connectivity index is 1.82. The van der Waals surface area contributed by atoms with Crippen molar-refractivity contribution >= 4 is 21.6 Å². The molecule has 1 N–H and O–H groups in total. The van der Waals surface area contributed by atoms with Gasteiger partial charge in [-0.2, -0.15) is 0 Å². The molecule has 2 atom stereocenters. The van der Waals surface area contributed by atoms with Crippen LogP contribution in [0.3, 0.4) is 0 Å². The number of anilines is 1. The Morgan fingerprint density at radius 1 is 1.00 bits per heavy atom. The predicted octanol–water partition coefficient (Wildman–Crippen LogP) is 3.82. The maximum absolute atomic E-state index is 13.0. The lowest BCUT2D eigenvalue weighted by Gasteiger charge is -2.30. The van der Waals surface area contributed by atoms with Crippen LogP contribution in [0.25, 0.3) is 0 Å². The lowest BCUT2D eigenvalue weighted by Crippen LogP contribution is -2.48. The number of aryl methyl sites for hydroxylation is 4. The number of sulfonamides is 1. The molecule has 1 amide bonds. The summed E-state index contributed by atoms with van der Waals surface area (Å²) < 4.78 is 26.3. The van der Waals surface area contributed by atoms with Crippen molar-refractivity contribution in [2.24, 2.45) is 0 Å². The lowest BCUT2D eigenvalue weighted by molar-refractivity contribution is -0.122. The van der Waals surface area contributed by atoms with Gasteiger partial charge in [-0.1, -0.05) is 24.3 Å². The van der Waals surface area contributed by atoms with E-state index >= 15 is 0 Å². The number of rotatable bonds is 6. The lowest BCUT2D eigenvalue weighted by atomic mass is 10.0. The van der Waals surface area contributed by atoms with Crippen LogP contribution >= 0.6 is 0 Å². The number of amides is 1. The van der Waals surface area contributed by atoms with Crippen LogP contribution in [-0.2, 0) is 27.7 Å². The molecule has 0 bridgehead atoms. The second kappa shape index (κ2) is 8.19. The highest BCUT2D eigenvalue weighted by Crippen LogP contribution is 2.27. The van der Waals surface area contributed by atoms with Gasteiger partial charge in [0.15, 0.2) is 0 Å². The Morgan fingerprint density at radius 2 is 1.62 bits per heavy atom. The molecule has 6 heteroatoms.